The lowest BCUT2D eigenvalue weighted by Gasteiger charge is -2.11. The quantitative estimate of drug-likeness (QED) is 0.481. The number of carbonyl (C=O) groups excluding carboxylic acids is 1. The molecule has 0 saturated heterocycles. The van der Waals surface area contributed by atoms with Crippen molar-refractivity contribution in [1.29, 1.82) is 0 Å². The zero-order chi connectivity index (χ0) is 17.7. The van der Waals surface area contributed by atoms with Gasteiger partial charge in [-0.2, -0.15) is 22.5 Å². The summed E-state index contributed by atoms with van der Waals surface area (Å²) in [5.74, 6) is -6.54. The lowest BCUT2D eigenvalue weighted by molar-refractivity contribution is -0.114. The summed E-state index contributed by atoms with van der Waals surface area (Å²) in [5, 5.41) is 4.78. The third-order valence-electron chi connectivity index (χ3n) is 2.82. The van der Waals surface area contributed by atoms with Crippen molar-refractivity contribution >= 4 is 17.3 Å². The summed E-state index contributed by atoms with van der Waals surface area (Å²) >= 11 is 0. The Morgan fingerprint density at radius 2 is 1.83 bits per heavy atom. The van der Waals surface area contributed by atoms with E-state index < -0.39 is 29.2 Å². The molecule has 2 N–H and O–H groups in total. The lowest BCUT2D eigenvalue weighted by Crippen LogP contribution is -2.15. The van der Waals surface area contributed by atoms with Crippen LogP contribution in [0.15, 0.2) is 24.3 Å². The standard InChI is InChI=1S/C15H13F4N3O2/c1-8(23)21-9-3-2-4-10(7-9)24-6-5-20-13-11(16)14(18)22-15(19)12(13)17/h2-4,7H,5-6H2,1H3,(H,20,22)(H,21,23). The molecule has 0 fully saturated rings. The Bertz CT molecular complexity index is 729. The number of nitrogens with one attached hydrogen (secondary N) is 2. The molecule has 2 rings (SSSR count). The van der Waals surface area contributed by atoms with Crippen LogP contribution < -0.4 is 15.4 Å². The van der Waals surface area contributed by atoms with E-state index >= 15 is 0 Å². The molecule has 128 valence electrons. The predicted molar refractivity (Wildman–Crippen MR) is 78.8 cm³/mol. The maximum absolute atomic E-state index is 13.4. The van der Waals surface area contributed by atoms with Crippen LogP contribution in [-0.2, 0) is 4.79 Å². The molecule has 1 amide bonds. The number of ether oxygens (including phenoxy) is 1. The topological polar surface area (TPSA) is 63.2 Å². The van der Waals surface area contributed by atoms with E-state index in [1.807, 2.05) is 0 Å². The predicted octanol–water partition coefficient (Wildman–Crippen LogP) is 3.09. The van der Waals surface area contributed by atoms with Crippen LogP contribution in [0.4, 0.5) is 28.9 Å². The number of halogens is 4. The van der Waals surface area contributed by atoms with Gasteiger partial charge in [0, 0.05) is 25.2 Å². The second-order valence-electron chi connectivity index (χ2n) is 4.68. The SMILES string of the molecule is CC(=O)Nc1cccc(OCCNc2c(F)c(F)nc(F)c2F)c1. The third kappa shape index (κ3) is 4.34. The molecular formula is C15H13F4N3O2. The number of pyridine rings is 1. The fourth-order valence-corrected chi connectivity index (χ4v) is 1.85. The van der Waals surface area contributed by atoms with Gasteiger partial charge < -0.3 is 15.4 Å². The average Bonchev–Trinajstić information content (AvgIpc) is 2.52. The number of hydrogen-bond donors (Lipinski definition) is 2. The minimum atomic E-state index is -1.74. The first-order chi connectivity index (χ1) is 11.4. The highest BCUT2D eigenvalue weighted by atomic mass is 19.2. The smallest absolute Gasteiger partial charge is 0.253 e. The van der Waals surface area contributed by atoms with Crippen LogP contribution in [0.5, 0.6) is 5.75 Å². The van der Waals surface area contributed by atoms with Crippen molar-refractivity contribution in [1.82, 2.24) is 4.98 Å². The highest BCUT2D eigenvalue weighted by Gasteiger charge is 2.20. The Morgan fingerprint density at radius 1 is 1.17 bits per heavy atom. The maximum atomic E-state index is 13.4. The molecule has 1 aromatic heterocycles. The first-order valence-electron chi connectivity index (χ1n) is 6.82. The van der Waals surface area contributed by atoms with Gasteiger partial charge in [0.1, 0.15) is 18.0 Å². The van der Waals surface area contributed by atoms with Gasteiger partial charge in [0.25, 0.3) is 11.9 Å². The van der Waals surface area contributed by atoms with Crippen molar-refractivity contribution in [3.05, 3.63) is 47.8 Å². The summed E-state index contributed by atoms with van der Waals surface area (Å²) in [6.07, 6.45) is 0. The molecular weight excluding hydrogens is 330 g/mol. The van der Waals surface area contributed by atoms with E-state index in [1.54, 1.807) is 24.3 Å². The minimum absolute atomic E-state index is 0.0477. The Kier molecular flexibility index (Phi) is 5.56. The van der Waals surface area contributed by atoms with Gasteiger partial charge in [-0.1, -0.05) is 6.07 Å². The van der Waals surface area contributed by atoms with Crippen LogP contribution in [0.2, 0.25) is 0 Å². The van der Waals surface area contributed by atoms with Gasteiger partial charge in [0.15, 0.2) is 0 Å². The highest BCUT2D eigenvalue weighted by molar-refractivity contribution is 5.88. The van der Waals surface area contributed by atoms with Gasteiger partial charge in [-0.3, -0.25) is 4.79 Å². The molecule has 0 spiro atoms. The lowest BCUT2D eigenvalue weighted by atomic mass is 10.3. The number of carbonyl (C=O) groups is 1. The van der Waals surface area contributed by atoms with E-state index in [-0.39, 0.29) is 19.1 Å². The molecule has 24 heavy (non-hydrogen) atoms. The zero-order valence-electron chi connectivity index (χ0n) is 12.5. The van der Waals surface area contributed by atoms with E-state index in [4.69, 9.17) is 4.74 Å². The molecule has 0 aliphatic carbocycles. The minimum Gasteiger partial charge on any atom is -0.492 e. The van der Waals surface area contributed by atoms with Crippen molar-refractivity contribution < 1.29 is 27.1 Å². The molecule has 0 bridgehead atoms. The number of rotatable bonds is 6. The Hall–Kier alpha value is -2.84. The maximum Gasteiger partial charge on any atom is 0.253 e. The van der Waals surface area contributed by atoms with Gasteiger partial charge in [-0.05, 0) is 12.1 Å². The van der Waals surface area contributed by atoms with E-state index in [9.17, 15) is 22.4 Å². The molecule has 2 aromatic rings. The molecule has 0 saturated carbocycles. The summed E-state index contributed by atoms with van der Waals surface area (Å²) in [4.78, 5) is 13.4. The summed E-state index contributed by atoms with van der Waals surface area (Å²) in [5.41, 5.74) is -0.432. The summed E-state index contributed by atoms with van der Waals surface area (Å²) in [6.45, 7) is 1.18. The molecule has 5 nitrogen and oxygen atoms in total. The molecule has 0 unspecified atom stereocenters. The van der Waals surface area contributed by atoms with Crippen molar-refractivity contribution in [3.8, 4) is 5.75 Å². The first-order valence-corrected chi connectivity index (χ1v) is 6.82. The number of benzene rings is 1. The van der Waals surface area contributed by atoms with Crippen molar-refractivity contribution in [2.45, 2.75) is 6.92 Å². The summed E-state index contributed by atoms with van der Waals surface area (Å²) in [6, 6.07) is 6.45. The third-order valence-corrected chi connectivity index (χ3v) is 2.82. The Balaban J connectivity index is 1.93. The van der Waals surface area contributed by atoms with Gasteiger partial charge >= 0.3 is 0 Å². The monoisotopic (exact) mass is 343 g/mol. The van der Waals surface area contributed by atoms with Gasteiger partial charge in [0.2, 0.25) is 17.5 Å². The fraction of sp³-hybridized carbons (Fsp3) is 0.200. The number of amides is 1. The summed E-state index contributed by atoms with van der Waals surface area (Å²) in [7, 11) is 0. The van der Waals surface area contributed by atoms with Crippen LogP contribution in [0.1, 0.15) is 6.92 Å². The van der Waals surface area contributed by atoms with Crippen LogP contribution in [-0.4, -0.2) is 24.0 Å². The average molecular weight is 343 g/mol. The van der Waals surface area contributed by atoms with Gasteiger partial charge in [0.05, 0.1) is 0 Å². The summed E-state index contributed by atoms with van der Waals surface area (Å²) < 4.78 is 58.0. The largest absolute Gasteiger partial charge is 0.492 e. The molecule has 0 aliphatic rings. The van der Waals surface area contributed by atoms with Gasteiger partial charge in [-0.25, -0.2) is 0 Å². The number of hydrogen-bond acceptors (Lipinski definition) is 4. The van der Waals surface area contributed by atoms with Crippen molar-refractivity contribution in [2.75, 3.05) is 23.8 Å². The molecule has 0 radical (unpaired) electrons. The van der Waals surface area contributed by atoms with Crippen molar-refractivity contribution in [2.24, 2.45) is 0 Å². The van der Waals surface area contributed by atoms with Crippen molar-refractivity contribution in [3.63, 3.8) is 0 Å². The van der Waals surface area contributed by atoms with Crippen LogP contribution >= 0.6 is 0 Å². The molecule has 0 aliphatic heterocycles. The van der Waals surface area contributed by atoms with E-state index in [0.717, 1.165) is 0 Å². The van der Waals surface area contributed by atoms with Gasteiger partial charge in [-0.15, -0.1) is 0 Å². The molecule has 9 heteroatoms. The van der Waals surface area contributed by atoms with Crippen LogP contribution in [0.3, 0.4) is 0 Å². The number of nitrogens with zero attached hydrogens (tertiary/aromatic N) is 1. The Labute approximate surface area is 134 Å². The molecule has 1 aromatic carbocycles. The number of aromatic nitrogens is 1. The number of anilines is 2. The van der Waals surface area contributed by atoms with Crippen LogP contribution in [0.25, 0.3) is 0 Å². The highest BCUT2D eigenvalue weighted by Crippen LogP contribution is 2.22. The second-order valence-corrected chi connectivity index (χ2v) is 4.68. The van der Waals surface area contributed by atoms with E-state index in [1.165, 1.54) is 6.92 Å². The molecule has 1 heterocycles. The second kappa shape index (κ2) is 7.62. The zero-order valence-corrected chi connectivity index (χ0v) is 12.5. The van der Waals surface area contributed by atoms with E-state index in [0.29, 0.717) is 11.4 Å². The fourth-order valence-electron chi connectivity index (χ4n) is 1.85. The van der Waals surface area contributed by atoms with E-state index in [2.05, 4.69) is 15.6 Å². The van der Waals surface area contributed by atoms with Crippen LogP contribution in [0, 0.1) is 23.5 Å². The first kappa shape index (κ1) is 17.5. The Morgan fingerprint density at radius 3 is 2.46 bits per heavy atom. The normalized spacial score (nSPS) is 10.4. The molecule has 0 atom stereocenters.